The summed E-state index contributed by atoms with van der Waals surface area (Å²) in [5.41, 5.74) is 4.26. The van der Waals surface area contributed by atoms with Gasteiger partial charge in [0.1, 0.15) is 0 Å². The van der Waals surface area contributed by atoms with Crippen LogP contribution in [-0.4, -0.2) is 10.9 Å². The Morgan fingerprint density at radius 2 is 1.59 bits per heavy atom. The normalized spacial score (nSPS) is 10.3. The number of nitrogens with zero attached hydrogens (tertiary/aromatic N) is 2. The number of nitriles is 1. The molecular weight excluding hydrogens is 334 g/mol. The van der Waals surface area contributed by atoms with Crippen molar-refractivity contribution < 1.29 is 4.79 Å². The first kappa shape index (κ1) is 16.5. The highest BCUT2D eigenvalue weighted by Crippen LogP contribution is 2.28. The van der Waals surface area contributed by atoms with Crippen LogP contribution < -0.4 is 5.32 Å². The number of para-hydroxylation sites is 2. The number of carbonyl (C=O) groups is 1. The fraction of sp³-hybridized carbons (Fsp3) is 0. The number of hydrogen-bond donors (Lipinski definition) is 1. The molecule has 0 aliphatic carbocycles. The van der Waals surface area contributed by atoms with Gasteiger partial charge in [-0.25, -0.2) is 4.98 Å². The second kappa shape index (κ2) is 7.11. The summed E-state index contributed by atoms with van der Waals surface area (Å²) in [6.45, 7) is 0. The minimum absolute atomic E-state index is 0.229. The van der Waals surface area contributed by atoms with Crippen molar-refractivity contribution >= 4 is 22.5 Å². The Labute approximate surface area is 156 Å². The molecule has 0 saturated carbocycles. The van der Waals surface area contributed by atoms with E-state index >= 15 is 0 Å². The number of anilines is 1. The van der Waals surface area contributed by atoms with Crippen LogP contribution in [0.15, 0.2) is 84.9 Å². The number of rotatable bonds is 3. The summed E-state index contributed by atoms with van der Waals surface area (Å²) < 4.78 is 0. The number of nitrogens with one attached hydrogen (secondary N) is 1. The molecular formula is C23H15N3O. The van der Waals surface area contributed by atoms with Crippen LogP contribution in [0.1, 0.15) is 15.9 Å². The predicted octanol–water partition coefficient (Wildman–Crippen LogP) is 5.03. The third kappa shape index (κ3) is 3.39. The molecule has 0 saturated heterocycles. The van der Waals surface area contributed by atoms with Crippen molar-refractivity contribution in [2.24, 2.45) is 0 Å². The third-order valence-electron chi connectivity index (χ3n) is 4.33. The minimum atomic E-state index is -0.229. The van der Waals surface area contributed by atoms with Crippen LogP contribution in [0.3, 0.4) is 0 Å². The molecule has 0 fully saturated rings. The van der Waals surface area contributed by atoms with E-state index in [-0.39, 0.29) is 5.91 Å². The summed E-state index contributed by atoms with van der Waals surface area (Å²) in [6, 6.07) is 28.1. The number of benzene rings is 3. The zero-order valence-electron chi connectivity index (χ0n) is 14.4. The van der Waals surface area contributed by atoms with E-state index in [0.29, 0.717) is 16.8 Å². The maximum atomic E-state index is 12.6. The van der Waals surface area contributed by atoms with E-state index in [1.165, 1.54) is 0 Å². The number of fused-ring (bicyclic) bond motifs is 1. The SMILES string of the molecule is N#Cc1ccc(C(=O)Nc2ccccc2-c2ccc3ccccc3n2)cc1. The predicted molar refractivity (Wildman–Crippen MR) is 106 cm³/mol. The zero-order valence-corrected chi connectivity index (χ0v) is 14.4. The molecule has 1 amide bonds. The van der Waals surface area contributed by atoms with Crippen LogP contribution in [0.4, 0.5) is 5.69 Å². The van der Waals surface area contributed by atoms with Gasteiger partial charge in [0, 0.05) is 16.5 Å². The molecule has 4 rings (SSSR count). The van der Waals surface area contributed by atoms with Gasteiger partial charge in [0.25, 0.3) is 5.91 Å². The van der Waals surface area contributed by atoms with Crippen LogP contribution in [-0.2, 0) is 0 Å². The lowest BCUT2D eigenvalue weighted by atomic mass is 10.1. The zero-order chi connectivity index (χ0) is 18.6. The van der Waals surface area contributed by atoms with Crippen LogP contribution in [0, 0.1) is 11.3 Å². The minimum Gasteiger partial charge on any atom is -0.321 e. The van der Waals surface area contributed by atoms with Crippen LogP contribution in [0.5, 0.6) is 0 Å². The topological polar surface area (TPSA) is 65.8 Å². The van der Waals surface area contributed by atoms with E-state index in [9.17, 15) is 4.79 Å². The summed E-state index contributed by atoms with van der Waals surface area (Å²) in [5.74, 6) is -0.229. The van der Waals surface area contributed by atoms with Gasteiger partial charge in [0.2, 0.25) is 0 Å². The summed E-state index contributed by atoms with van der Waals surface area (Å²) in [6.07, 6.45) is 0. The molecule has 4 heteroatoms. The summed E-state index contributed by atoms with van der Waals surface area (Å²) in [4.78, 5) is 17.3. The first-order valence-corrected chi connectivity index (χ1v) is 8.51. The molecule has 128 valence electrons. The molecule has 0 atom stereocenters. The van der Waals surface area contributed by atoms with Gasteiger partial charge in [0.15, 0.2) is 0 Å². The van der Waals surface area contributed by atoms with Crippen molar-refractivity contribution in [2.45, 2.75) is 0 Å². The molecule has 0 aliphatic rings. The van der Waals surface area contributed by atoms with E-state index in [1.54, 1.807) is 24.3 Å². The Morgan fingerprint density at radius 3 is 2.41 bits per heavy atom. The van der Waals surface area contributed by atoms with Gasteiger partial charge in [-0.15, -0.1) is 0 Å². The summed E-state index contributed by atoms with van der Waals surface area (Å²) >= 11 is 0. The molecule has 1 heterocycles. The molecule has 1 aromatic heterocycles. The highest BCUT2D eigenvalue weighted by Gasteiger charge is 2.11. The summed E-state index contributed by atoms with van der Waals surface area (Å²) in [5, 5.41) is 12.9. The molecule has 0 spiro atoms. The van der Waals surface area contributed by atoms with Gasteiger partial charge < -0.3 is 5.32 Å². The van der Waals surface area contributed by atoms with Gasteiger partial charge in [0.05, 0.1) is 28.5 Å². The highest BCUT2D eigenvalue weighted by molar-refractivity contribution is 6.06. The fourth-order valence-electron chi connectivity index (χ4n) is 2.92. The largest absolute Gasteiger partial charge is 0.321 e. The Hall–Kier alpha value is -3.97. The molecule has 0 bridgehead atoms. The number of aromatic nitrogens is 1. The van der Waals surface area contributed by atoms with Crippen molar-refractivity contribution in [3.05, 3.63) is 96.1 Å². The van der Waals surface area contributed by atoms with E-state index in [4.69, 9.17) is 10.2 Å². The highest BCUT2D eigenvalue weighted by atomic mass is 16.1. The van der Waals surface area contributed by atoms with Crippen LogP contribution in [0.2, 0.25) is 0 Å². The third-order valence-corrected chi connectivity index (χ3v) is 4.33. The lowest BCUT2D eigenvalue weighted by Crippen LogP contribution is -2.12. The average Bonchev–Trinajstić information content (AvgIpc) is 2.74. The van der Waals surface area contributed by atoms with E-state index in [0.717, 1.165) is 22.2 Å². The Balaban J connectivity index is 1.67. The number of amides is 1. The first-order valence-electron chi connectivity index (χ1n) is 8.51. The van der Waals surface area contributed by atoms with Crippen LogP contribution in [0.25, 0.3) is 22.2 Å². The fourth-order valence-corrected chi connectivity index (χ4v) is 2.92. The Kier molecular flexibility index (Phi) is 4.34. The average molecular weight is 349 g/mol. The van der Waals surface area contributed by atoms with Crippen molar-refractivity contribution in [2.75, 3.05) is 5.32 Å². The van der Waals surface area contributed by atoms with E-state index in [1.807, 2.05) is 66.7 Å². The van der Waals surface area contributed by atoms with Crippen molar-refractivity contribution in [1.82, 2.24) is 4.98 Å². The summed E-state index contributed by atoms with van der Waals surface area (Å²) in [7, 11) is 0. The standard InChI is InChI=1S/C23H15N3O/c24-15-16-9-11-18(12-10-16)23(27)26-21-8-4-2-6-19(21)22-14-13-17-5-1-3-7-20(17)25-22/h1-14H,(H,26,27). The Bertz CT molecular complexity index is 1170. The number of hydrogen-bond acceptors (Lipinski definition) is 3. The maximum absolute atomic E-state index is 12.6. The molecule has 0 aliphatic heterocycles. The van der Waals surface area contributed by atoms with E-state index in [2.05, 4.69) is 5.32 Å². The van der Waals surface area contributed by atoms with Crippen LogP contribution >= 0.6 is 0 Å². The van der Waals surface area contributed by atoms with Gasteiger partial charge >= 0.3 is 0 Å². The molecule has 0 unspecified atom stereocenters. The number of pyridine rings is 1. The van der Waals surface area contributed by atoms with E-state index < -0.39 is 0 Å². The molecule has 0 radical (unpaired) electrons. The second-order valence-electron chi connectivity index (χ2n) is 6.08. The van der Waals surface area contributed by atoms with Gasteiger partial charge in [-0.1, -0.05) is 42.5 Å². The number of carbonyl (C=O) groups excluding carboxylic acids is 1. The van der Waals surface area contributed by atoms with Gasteiger partial charge in [-0.3, -0.25) is 4.79 Å². The lowest BCUT2D eigenvalue weighted by molar-refractivity contribution is 0.102. The molecule has 4 aromatic rings. The Morgan fingerprint density at radius 1 is 0.852 bits per heavy atom. The molecule has 27 heavy (non-hydrogen) atoms. The second-order valence-corrected chi connectivity index (χ2v) is 6.08. The van der Waals surface area contributed by atoms with Gasteiger partial charge in [-0.05, 0) is 42.5 Å². The first-order chi connectivity index (χ1) is 13.2. The van der Waals surface area contributed by atoms with Crippen molar-refractivity contribution in [3.63, 3.8) is 0 Å². The molecule has 3 aromatic carbocycles. The van der Waals surface area contributed by atoms with Crippen molar-refractivity contribution in [3.8, 4) is 17.3 Å². The van der Waals surface area contributed by atoms with Crippen molar-refractivity contribution in [1.29, 1.82) is 5.26 Å². The smallest absolute Gasteiger partial charge is 0.255 e. The van der Waals surface area contributed by atoms with Gasteiger partial charge in [-0.2, -0.15) is 5.26 Å². The lowest BCUT2D eigenvalue weighted by Gasteiger charge is -2.11. The molecule has 1 N–H and O–H groups in total. The molecule has 4 nitrogen and oxygen atoms in total. The maximum Gasteiger partial charge on any atom is 0.255 e. The monoisotopic (exact) mass is 349 g/mol. The quantitative estimate of drug-likeness (QED) is 0.564.